The van der Waals surface area contributed by atoms with Gasteiger partial charge in [0.1, 0.15) is 12.4 Å². The molecule has 4 amide bonds. The quantitative estimate of drug-likeness (QED) is 0.0357. The van der Waals surface area contributed by atoms with Gasteiger partial charge in [0, 0.05) is 23.1 Å². The fourth-order valence-electron chi connectivity index (χ4n) is 6.06. The van der Waals surface area contributed by atoms with Crippen molar-refractivity contribution in [1.29, 1.82) is 0 Å². The Morgan fingerprint density at radius 1 is 0.576 bits per heavy atom. The van der Waals surface area contributed by atoms with Crippen molar-refractivity contribution < 1.29 is 33.5 Å². The van der Waals surface area contributed by atoms with Crippen molar-refractivity contribution in [2.24, 2.45) is 20.5 Å². The van der Waals surface area contributed by atoms with E-state index in [1.54, 1.807) is 62.4 Å². The molecule has 0 saturated heterocycles. The third-order valence-electron chi connectivity index (χ3n) is 9.35. The SMILES string of the molecule is CC(=O)C(N=Nc1ccc(Cl)c(C(=O)Nc2ccccc2C(C)Cl)c1)C(=O)Nc1ccc(NC(=O)C(N=Nc2ccc(Cl)c(C(=O)Nc3ccccc3C(C)Cl)c2)C(C)=O)c(OCCCl)c1. The Hall–Kier alpha value is -6.23. The Labute approximate surface area is 404 Å². The number of rotatable bonds is 19. The molecule has 4 atom stereocenters. The van der Waals surface area contributed by atoms with Gasteiger partial charge < -0.3 is 26.0 Å². The van der Waals surface area contributed by atoms with Crippen LogP contribution in [0.25, 0.3) is 0 Å². The van der Waals surface area contributed by atoms with Crippen LogP contribution in [0.5, 0.6) is 5.75 Å². The number of para-hydroxylation sites is 2. The van der Waals surface area contributed by atoms with Gasteiger partial charge in [-0.05, 0) is 99.5 Å². The molecular weight excluding hydrogens is 954 g/mol. The number of hydrogen-bond donors (Lipinski definition) is 4. The Kier molecular flexibility index (Phi) is 18.3. The molecule has 342 valence electrons. The van der Waals surface area contributed by atoms with E-state index < -0.39 is 47.3 Å². The number of ketones is 2. The summed E-state index contributed by atoms with van der Waals surface area (Å²) in [6.07, 6.45) is 0. The van der Waals surface area contributed by atoms with E-state index in [0.717, 1.165) is 13.8 Å². The Bertz CT molecular complexity index is 2710. The van der Waals surface area contributed by atoms with Crippen LogP contribution in [0.2, 0.25) is 10.0 Å². The average Bonchev–Trinajstić information content (AvgIpc) is 3.27. The number of benzene rings is 5. The maximum absolute atomic E-state index is 13.5. The summed E-state index contributed by atoms with van der Waals surface area (Å²) in [5.74, 6) is -4.07. The molecule has 0 aliphatic heterocycles. The highest BCUT2D eigenvalue weighted by Crippen LogP contribution is 2.33. The number of Topliss-reactive ketones (excluding diaryl/α,β-unsaturated/α-hetero) is 2. The third kappa shape index (κ3) is 13.7. The van der Waals surface area contributed by atoms with Crippen LogP contribution in [-0.4, -0.2) is 59.8 Å². The number of hydrogen-bond acceptors (Lipinski definition) is 11. The average molecular weight is 995 g/mol. The minimum absolute atomic E-state index is 0.0234. The molecule has 5 rings (SSSR count). The Morgan fingerprint density at radius 2 is 1.03 bits per heavy atom. The molecule has 0 spiro atoms. The molecule has 5 aromatic rings. The topological polar surface area (TPSA) is 209 Å². The second-order valence-corrected chi connectivity index (χ2v) is 16.8. The summed E-state index contributed by atoms with van der Waals surface area (Å²) in [6, 6.07) is 23.4. The molecule has 4 unspecified atom stereocenters. The first-order valence-corrected chi connectivity index (χ1v) is 22.1. The van der Waals surface area contributed by atoms with E-state index >= 15 is 0 Å². The van der Waals surface area contributed by atoms with Gasteiger partial charge in [-0.2, -0.15) is 20.5 Å². The van der Waals surface area contributed by atoms with Gasteiger partial charge >= 0.3 is 0 Å². The molecule has 0 aromatic heterocycles. The largest absolute Gasteiger partial charge is 0.490 e. The number of halogens is 5. The van der Waals surface area contributed by atoms with Crippen molar-refractivity contribution in [3.8, 4) is 5.75 Å². The van der Waals surface area contributed by atoms with Crippen molar-refractivity contribution in [1.82, 2.24) is 0 Å². The molecule has 5 aromatic carbocycles. The van der Waals surface area contributed by atoms with Crippen LogP contribution in [0.1, 0.15) is 70.3 Å². The maximum atomic E-state index is 13.5. The molecule has 0 fully saturated rings. The summed E-state index contributed by atoms with van der Waals surface area (Å²) in [6.45, 7) is 5.82. The molecule has 15 nitrogen and oxygen atoms in total. The van der Waals surface area contributed by atoms with Crippen molar-refractivity contribution in [3.63, 3.8) is 0 Å². The van der Waals surface area contributed by atoms with Crippen LogP contribution >= 0.6 is 58.0 Å². The molecule has 0 bridgehead atoms. The zero-order chi connectivity index (χ0) is 48.1. The van der Waals surface area contributed by atoms with Crippen molar-refractivity contribution in [3.05, 3.63) is 135 Å². The summed E-state index contributed by atoms with van der Waals surface area (Å²) in [5.41, 5.74) is 2.94. The first-order valence-electron chi connectivity index (χ1n) is 19.9. The Morgan fingerprint density at radius 3 is 1.47 bits per heavy atom. The highest BCUT2D eigenvalue weighted by Gasteiger charge is 2.27. The van der Waals surface area contributed by atoms with E-state index in [4.69, 9.17) is 62.7 Å². The van der Waals surface area contributed by atoms with Crippen LogP contribution in [0, 0.1) is 0 Å². The number of anilines is 4. The minimum Gasteiger partial charge on any atom is -0.490 e. The van der Waals surface area contributed by atoms with Crippen LogP contribution in [0.4, 0.5) is 34.1 Å². The number of nitrogens with one attached hydrogen (secondary N) is 4. The van der Waals surface area contributed by atoms with Crippen molar-refractivity contribution in [2.45, 2.75) is 50.5 Å². The van der Waals surface area contributed by atoms with E-state index in [1.165, 1.54) is 54.6 Å². The number of azo groups is 2. The maximum Gasteiger partial charge on any atom is 0.258 e. The number of amides is 4. The van der Waals surface area contributed by atoms with Gasteiger partial charge in [0.15, 0.2) is 11.6 Å². The summed E-state index contributed by atoms with van der Waals surface area (Å²) in [4.78, 5) is 78.8. The lowest BCUT2D eigenvalue weighted by molar-refractivity contribution is -0.127. The Balaban J connectivity index is 1.29. The highest BCUT2D eigenvalue weighted by atomic mass is 35.5. The predicted octanol–water partition coefficient (Wildman–Crippen LogP) is 12.1. The highest BCUT2D eigenvalue weighted by molar-refractivity contribution is 6.35. The molecular formula is C46H41Cl5N8O7. The molecule has 0 aliphatic carbocycles. The van der Waals surface area contributed by atoms with Crippen LogP contribution in [0.15, 0.2) is 124 Å². The smallest absolute Gasteiger partial charge is 0.258 e. The summed E-state index contributed by atoms with van der Waals surface area (Å²) >= 11 is 31.2. The van der Waals surface area contributed by atoms with Gasteiger partial charge in [0.2, 0.25) is 12.1 Å². The van der Waals surface area contributed by atoms with E-state index in [1.807, 2.05) is 0 Å². The summed E-state index contributed by atoms with van der Waals surface area (Å²) < 4.78 is 5.74. The first-order chi connectivity index (χ1) is 31.5. The molecule has 66 heavy (non-hydrogen) atoms. The first kappa shape index (κ1) is 50.8. The van der Waals surface area contributed by atoms with Gasteiger partial charge in [0.05, 0.1) is 54.9 Å². The fraction of sp³-hybridized carbons (Fsp3) is 0.217. The predicted molar refractivity (Wildman–Crippen MR) is 258 cm³/mol. The lowest BCUT2D eigenvalue weighted by Gasteiger charge is -2.16. The number of carbonyl (C=O) groups is 6. The van der Waals surface area contributed by atoms with Crippen LogP contribution in [0.3, 0.4) is 0 Å². The lowest BCUT2D eigenvalue weighted by atomic mass is 10.1. The second kappa shape index (κ2) is 23.8. The third-order valence-corrected chi connectivity index (χ3v) is 10.6. The normalized spacial score (nSPS) is 13.0. The van der Waals surface area contributed by atoms with Crippen molar-refractivity contribution >= 4 is 127 Å². The molecule has 0 aliphatic rings. The monoisotopic (exact) mass is 992 g/mol. The second-order valence-electron chi connectivity index (χ2n) is 14.3. The van der Waals surface area contributed by atoms with Crippen LogP contribution in [-0.2, 0) is 19.2 Å². The van der Waals surface area contributed by atoms with Gasteiger partial charge in [-0.15, -0.1) is 34.8 Å². The molecule has 0 saturated carbocycles. The summed E-state index contributed by atoms with van der Waals surface area (Å²) in [5, 5.41) is 26.3. The molecule has 0 heterocycles. The van der Waals surface area contributed by atoms with Crippen LogP contribution < -0.4 is 26.0 Å². The van der Waals surface area contributed by atoms with Gasteiger partial charge in [-0.3, -0.25) is 28.8 Å². The number of nitrogens with zero attached hydrogens (tertiary/aromatic N) is 4. The fourth-order valence-corrected chi connectivity index (χ4v) is 6.93. The van der Waals surface area contributed by atoms with E-state index in [0.29, 0.717) is 22.5 Å². The zero-order valence-electron chi connectivity index (χ0n) is 35.6. The van der Waals surface area contributed by atoms with E-state index in [-0.39, 0.29) is 72.9 Å². The minimum atomic E-state index is -1.64. The van der Waals surface area contributed by atoms with Crippen molar-refractivity contribution in [2.75, 3.05) is 33.8 Å². The van der Waals surface area contributed by atoms with Gasteiger partial charge in [-0.25, -0.2) is 0 Å². The standard InChI is InChI=1S/C46H41Cl5N8O7/c1-24(48)31-9-5-7-11-37(31)53-43(62)33-21-29(13-16-35(33)50)56-58-41(26(3)60)45(64)52-28-15-18-39(40(23-28)66-20-19-47)55-46(65)42(27(4)61)59-57-30-14-17-36(51)34(22-30)44(63)54-38-12-8-6-10-32(38)25(2)49/h5-18,21-25,41-42H,19-20H2,1-4H3,(H,52,64)(H,53,62)(H,54,63)(H,55,65). The lowest BCUT2D eigenvalue weighted by Crippen LogP contribution is -2.32. The molecule has 0 radical (unpaired) electrons. The number of carbonyl (C=O) groups excluding carboxylic acids is 6. The van der Waals surface area contributed by atoms with E-state index in [2.05, 4.69) is 41.7 Å². The molecule has 20 heteroatoms. The van der Waals surface area contributed by atoms with Gasteiger partial charge in [0.25, 0.3) is 23.6 Å². The summed E-state index contributed by atoms with van der Waals surface area (Å²) in [7, 11) is 0. The van der Waals surface area contributed by atoms with Gasteiger partial charge in [-0.1, -0.05) is 59.6 Å². The van der Waals surface area contributed by atoms with E-state index in [9.17, 15) is 28.8 Å². The number of alkyl halides is 3. The molecule has 4 N–H and O–H groups in total. The zero-order valence-corrected chi connectivity index (χ0v) is 39.4. The number of ether oxygens (including phenoxy) is 1.